The fraction of sp³-hybridized carbons (Fsp3) is 0.500. The maximum Gasteiger partial charge on any atom is 0.272 e. The van der Waals surface area contributed by atoms with Gasteiger partial charge in [0.2, 0.25) is 5.91 Å². The number of piperidine rings is 2. The highest BCUT2D eigenvalue weighted by Gasteiger charge is 2.35. The number of hydrogen-bond donors (Lipinski definition) is 3. The first kappa shape index (κ1) is 13.8. The molecule has 0 spiro atoms. The Kier molecular flexibility index (Phi) is 3.74. The Balaban J connectivity index is 1.70. The summed E-state index contributed by atoms with van der Waals surface area (Å²) in [6.45, 7) is 1.31. The number of hydrogen-bond acceptors (Lipinski definition) is 5. The maximum atomic E-state index is 12.5. The number of nitrogens with zero attached hydrogens (tertiary/aromatic N) is 2. The van der Waals surface area contributed by atoms with Gasteiger partial charge in [0.1, 0.15) is 5.69 Å². The van der Waals surface area contributed by atoms with Crippen molar-refractivity contribution < 1.29 is 9.59 Å². The number of aromatic nitrogens is 1. The number of amides is 2. The van der Waals surface area contributed by atoms with Crippen LogP contribution in [0.15, 0.2) is 18.3 Å². The Bertz CT molecular complexity index is 562. The predicted octanol–water partition coefficient (Wildman–Crippen LogP) is 0.108. The van der Waals surface area contributed by atoms with Gasteiger partial charge in [0.05, 0.1) is 5.69 Å². The van der Waals surface area contributed by atoms with E-state index in [0.29, 0.717) is 36.8 Å². The number of fused-ring (bicyclic) bond motifs is 1. The second kappa shape index (κ2) is 5.69. The van der Waals surface area contributed by atoms with Crippen LogP contribution >= 0.6 is 0 Å². The van der Waals surface area contributed by atoms with E-state index in [9.17, 15) is 9.59 Å². The van der Waals surface area contributed by atoms with E-state index in [1.165, 1.54) is 0 Å². The molecule has 2 unspecified atom stereocenters. The van der Waals surface area contributed by atoms with Crippen molar-refractivity contribution in [3.63, 3.8) is 0 Å². The van der Waals surface area contributed by atoms with Crippen LogP contribution in [0.3, 0.4) is 0 Å². The van der Waals surface area contributed by atoms with E-state index in [2.05, 4.69) is 15.7 Å². The molecule has 1 aromatic rings. The van der Waals surface area contributed by atoms with E-state index in [1.807, 2.05) is 4.90 Å². The maximum absolute atomic E-state index is 12.5. The van der Waals surface area contributed by atoms with Gasteiger partial charge in [0.25, 0.3) is 5.91 Å². The summed E-state index contributed by atoms with van der Waals surface area (Å²) in [5.41, 5.74) is 3.57. The van der Waals surface area contributed by atoms with E-state index in [-0.39, 0.29) is 17.9 Å². The molecular weight excluding hydrogens is 270 g/mol. The van der Waals surface area contributed by atoms with Gasteiger partial charge in [-0.05, 0) is 30.9 Å². The summed E-state index contributed by atoms with van der Waals surface area (Å²) in [6, 6.07) is 3.57. The first-order chi connectivity index (χ1) is 10.2. The number of anilines is 1. The molecule has 0 saturated carbocycles. The van der Waals surface area contributed by atoms with Crippen LogP contribution in [0.25, 0.3) is 0 Å². The van der Waals surface area contributed by atoms with Crippen LogP contribution in [-0.2, 0) is 4.79 Å². The molecule has 2 saturated heterocycles. The topological polar surface area (TPSA) is 100 Å². The summed E-state index contributed by atoms with van der Waals surface area (Å²) in [5.74, 6) is 5.74. The van der Waals surface area contributed by atoms with Gasteiger partial charge >= 0.3 is 0 Å². The summed E-state index contributed by atoms with van der Waals surface area (Å²) in [6.07, 6.45) is 3.76. The molecular formula is C14H19N5O2. The van der Waals surface area contributed by atoms with E-state index >= 15 is 0 Å². The predicted molar refractivity (Wildman–Crippen MR) is 77.2 cm³/mol. The van der Waals surface area contributed by atoms with Crippen LogP contribution in [0, 0.1) is 5.92 Å². The van der Waals surface area contributed by atoms with Gasteiger partial charge in [0.15, 0.2) is 0 Å². The molecule has 0 radical (unpaired) electrons. The van der Waals surface area contributed by atoms with Gasteiger partial charge in [-0.2, -0.15) is 0 Å². The van der Waals surface area contributed by atoms with Crippen LogP contribution in [0.5, 0.6) is 0 Å². The first-order valence-corrected chi connectivity index (χ1v) is 7.18. The van der Waals surface area contributed by atoms with Crippen molar-refractivity contribution in [3.8, 4) is 0 Å². The smallest absolute Gasteiger partial charge is 0.272 e. The normalized spacial score (nSPS) is 25.0. The number of pyridine rings is 1. The quantitative estimate of drug-likeness (QED) is 0.530. The molecule has 2 aliphatic heterocycles. The number of hydrazine groups is 1. The molecule has 112 valence electrons. The third-order valence-corrected chi connectivity index (χ3v) is 4.26. The first-order valence-electron chi connectivity index (χ1n) is 7.18. The summed E-state index contributed by atoms with van der Waals surface area (Å²) in [5, 5.41) is 3.02. The molecule has 21 heavy (non-hydrogen) atoms. The summed E-state index contributed by atoms with van der Waals surface area (Å²) < 4.78 is 0. The average Bonchev–Trinajstić information content (AvgIpc) is 2.53. The van der Waals surface area contributed by atoms with E-state index in [4.69, 9.17) is 5.84 Å². The lowest BCUT2D eigenvalue weighted by Crippen LogP contribution is -2.55. The molecule has 3 rings (SSSR count). The molecule has 2 fully saturated rings. The Morgan fingerprint density at radius 3 is 3.14 bits per heavy atom. The number of nitrogens with one attached hydrogen (secondary N) is 2. The zero-order valence-corrected chi connectivity index (χ0v) is 11.7. The van der Waals surface area contributed by atoms with Crippen molar-refractivity contribution in [3.05, 3.63) is 24.0 Å². The fourth-order valence-corrected chi connectivity index (χ4v) is 3.09. The molecule has 3 heterocycles. The standard InChI is InChI=1S/C14H19N5O2/c15-18-10-3-5-16-12(7-10)14(21)19-6-4-11-9(8-19)1-2-13(20)17-11/h3,5,7,9,11H,1-2,4,6,8,15H2,(H,16,18)(H,17,20). The van der Waals surface area contributed by atoms with Crippen molar-refractivity contribution >= 4 is 17.5 Å². The highest BCUT2D eigenvalue weighted by atomic mass is 16.2. The zero-order chi connectivity index (χ0) is 14.8. The third kappa shape index (κ3) is 2.82. The molecule has 7 nitrogen and oxygen atoms in total. The van der Waals surface area contributed by atoms with E-state index < -0.39 is 0 Å². The van der Waals surface area contributed by atoms with Crippen molar-refractivity contribution in [1.29, 1.82) is 0 Å². The van der Waals surface area contributed by atoms with Gasteiger partial charge < -0.3 is 15.6 Å². The van der Waals surface area contributed by atoms with Crippen molar-refractivity contribution in [2.45, 2.75) is 25.3 Å². The van der Waals surface area contributed by atoms with Crippen molar-refractivity contribution in [2.24, 2.45) is 11.8 Å². The zero-order valence-electron chi connectivity index (χ0n) is 11.7. The van der Waals surface area contributed by atoms with E-state index in [0.717, 1.165) is 12.8 Å². The molecule has 0 aliphatic carbocycles. The lowest BCUT2D eigenvalue weighted by molar-refractivity contribution is -0.125. The van der Waals surface area contributed by atoms with Crippen molar-refractivity contribution in [1.82, 2.24) is 15.2 Å². The van der Waals surface area contributed by atoms with E-state index in [1.54, 1.807) is 18.3 Å². The average molecular weight is 289 g/mol. The number of nitrogens with two attached hydrogens (primary N) is 1. The minimum Gasteiger partial charge on any atom is -0.353 e. The Morgan fingerprint density at radius 1 is 1.48 bits per heavy atom. The molecule has 0 bridgehead atoms. The second-order valence-electron chi connectivity index (χ2n) is 5.59. The minimum atomic E-state index is -0.0811. The number of carbonyl (C=O) groups excluding carboxylic acids is 2. The summed E-state index contributed by atoms with van der Waals surface area (Å²) in [4.78, 5) is 29.9. The van der Waals surface area contributed by atoms with Crippen LogP contribution in [0.2, 0.25) is 0 Å². The monoisotopic (exact) mass is 289 g/mol. The Morgan fingerprint density at radius 2 is 2.33 bits per heavy atom. The molecule has 0 aromatic carbocycles. The molecule has 2 amide bonds. The van der Waals surface area contributed by atoms with Gasteiger partial charge in [-0.25, -0.2) is 0 Å². The second-order valence-corrected chi connectivity index (χ2v) is 5.59. The molecule has 1 aromatic heterocycles. The molecule has 2 aliphatic rings. The lowest BCUT2D eigenvalue weighted by Gasteiger charge is -2.41. The number of likely N-dealkylation sites (tertiary alicyclic amines) is 1. The van der Waals surface area contributed by atoms with Crippen LogP contribution in [-0.4, -0.2) is 40.8 Å². The number of nitrogen functional groups attached to an aromatic ring is 1. The molecule has 7 heteroatoms. The molecule has 4 N–H and O–H groups in total. The van der Waals surface area contributed by atoms with Crippen LogP contribution < -0.4 is 16.6 Å². The largest absolute Gasteiger partial charge is 0.353 e. The highest BCUT2D eigenvalue weighted by molar-refractivity contribution is 5.93. The van der Waals surface area contributed by atoms with Crippen LogP contribution in [0.1, 0.15) is 29.8 Å². The van der Waals surface area contributed by atoms with Gasteiger partial charge in [-0.1, -0.05) is 0 Å². The summed E-state index contributed by atoms with van der Waals surface area (Å²) >= 11 is 0. The Labute approximate surface area is 122 Å². The fourth-order valence-electron chi connectivity index (χ4n) is 3.09. The summed E-state index contributed by atoms with van der Waals surface area (Å²) in [7, 11) is 0. The van der Waals surface area contributed by atoms with Gasteiger partial charge in [0, 0.05) is 31.7 Å². The highest BCUT2D eigenvalue weighted by Crippen LogP contribution is 2.26. The minimum absolute atomic E-state index is 0.0811. The van der Waals surface area contributed by atoms with Gasteiger partial charge in [-0.3, -0.25) is 20.4 Å². The van der Waals surface area contributed by atoms with Crippen LogP contribution in [0.4, 0.5) is 5.69 Å². The van der Waals surface area contributed by atoms with Gasteiger partial charge in [-0.15, -0.1) is 0 Å². The van der Waals surface area contributed by atoms with Crippen molar-refractivity contribution in [2.75, 3.05) is 18.5 Å². The number of carbonyl (C=O) groups is 2. The third-order valence-electron chi connectivity index (χ3n) is 4.26. The SMILES string of the molecule is NNc1ccnc(C(=O)N2CCC3NC(=O)CCC3C2)c1. The number of rotatable bonds is 2. The lowest BCUT2D eigenvalue weighted by atomic mass is 9.85. The Hall–Kier alpha value is -2.15. The molecule has 2 atom stereocenters.